The molecule has 0 spiro atoms. The highest BCUT2D eigenvalue weighted by Gasteiger charge is 2.25. The molecule has 3 nitrogen and oxygen atoms in total. The van der Waals surface area contributed by atoms with Crippen LogP contribution in [-0.2, 0) is 4.74 Å². The minimum atomic E-state index is -0.294. The van der Waals surface area contributed by atoms with Crippen LogP contribution in [0, 0.1) is 0 Å². The molecule has 1 fully saturated rings. The highest BCUT2D eigenvalue weighted by Crippen LogP contribution is 2.38. The van der Waals surface area contributed by atoms with Gasteiger partial charge in [0.25, 0.3) is 0 Å². The maximum absolute atomic E-state index is 11.8. The zero-order valence-electron chi connectivity index (χ0n) is 10.3. The van der Waals surface area contributed by atoms with Gasteiger partial charge in [0.15, 0.2) is 0 Å². The normalized spacial score (nSPS) is 14.7. The van der Waals surface area contributed by atoms with E-state index in [1.165, 1.54) is 20.0 Å². The molecule has 0 N–H and O–H groups in total. The second kappa shape index (κ2) is 4.02. The molecule has 0 aliphatic heterocycles. The molecule has 0 atom stereocenters. The number of ether oxygens (including phenoxy) is 1. The Morgan fingerprint density at radius 1 is 1.50 bits per heavy atom. The Balaban J connectivity index is 2.27. The zero-order chi connectivity index (χ0) is 12.7. The number of methoxy groups -OCH3 is 1. The van der Waals surface area contributed by atoms with Gasteiger partial charge in [0.1, 0.15) is 0 Å². The average molecular weight is 241 g/mol. The van der Waals surface area contributed by atoms with E-state index < -0.39 is 0 Å². The van der Waals surface area contributed by atoms with Crippen molar-refractivity contribution in [2.75, 3.05) is 7.11 Å². The summed E-state index contributed by atoms with van der Waals surface area (Å²) in [5.41, 5.74) is 2.66. The van der Waals surface area contributed by atoms with Gasteiger partial charge in [-0.2, -0.15) is 0 Å². The molecule has 1 aromatic heterocycles. The van der Waals surface area contributed by atoms with E-state index in [4.69, 9.17) is 4.74 Å². The number of carbonyl (C=O) groups is 1. The van der Waals surface area contributed by atoms with Crippen molar-refractivity contribution in [3.8, 4) is 0 Å². The number of fused-ring (bicyclic) bond motifs is 1. The maximum atomic E-state index is 11.8. The summed E-state index contributed by atoms with van der Waals surface area (Å²) in [6, 6.07) is 6.49. The summed E-state index contributed by atoms with van der Waals surface area (Å²) in [5.74, 6) is -0.294. The van der Waals surface area contributed by atoms with Crippen LogP contribution in [0.3, 0.4) is 0 Å². The summed E-state index contributed by atoms with van der Waals surface area (Å²) in [5, 5.41) is 0.958. The van der Waals surface area contributed by atoms with Gasteiger partial charge in [0.05, 0.1) is 12.7 Å². The Morgan fingerprint density at radius 3 is 2.89 bits per heavy atom. The van der Waals surface area contributed by atoms with E-state index in [2.05, 4.69) is 23.4 Å². The van der Waals surface area contributed by atoms with Crippen LogP contribution in [0.5, 0.6) is 0 Å². The van der Waals surface area contributed by atoms with E-state index in [1.54, 1.807) is 6.08 Å². The van der Waals surface area contributed by atoms with Crippen LogP contribution in [0.4, 0.5) is 0 Å². The molecule has 2 aromatic rings. The number of aromatic nitrogens is 1. The molecule has 3 heteroatoms. The smallest absolute Gasteiger partial charge is 0.338 e. The number of hydrogen-bond acceptors (Lipinski definition) is 2. The Bertz CT molecular complexity index is 635. The average Bonchev–Trinajstić information content (AvgIpc) is 3.16. The lowest BCUT2D eigenvalue weighted by molar-refractivity contribution is 0.0603. The molecular formula is C15H15NO2. The molecule has 1 aliphatic carbocycles. The second-order valence-electron chi connectivity index (χ2n) is 4.65. The van der Waals surface area contributed by atoms with Crippen LogP contribution in [0.2, 0.25) is 0 Å². The second-order valence-corrected chi connectivity index (χ2v) is 4.65. The summed E-state index contributed by atoms with van der Waals surface area (Å²) in [4.78, 5) is 11.8. The molecule has 3 rings (SSSR count). The van der Waals surface area contributed by atoms with Crippen molar-refractivity contribution in [3.63, 3.8) is 0 Å². The van der Waals surface area contributed by atoms with Crippen molar-refractivity contribution in [2.45, 2.75) is 18.9 Å². The van der Waals surface area contributed by atoms with Crippen molar-refractivity contribution >= 4 is 22.9 Å². The molecule has 18 heavy (non-hydrogen) atoms. The van der Waals surface area contributed by atoms with E-state index in [9.17, 15) is 4.79 Å². The lowest BCUT2D eigenvalue weighted by Gasteiger charge is -2.07. The molecule has 0 amide bonds. The number of nitrogens with zero attached hydrogens (tertiary/aromatic N) is 1. The van der Waals surface area contributed by atoms with Gasteiger partial charge >= 0.3 is 5.97 Å². The van der Waals surface area contributed by atoms with E-state index in [-0.39, 0.29) is 5.97 Å². The maximum Gasteiger partial charge on any atom is 0.338 e. The minimum absolute atomic E-state index is 0.294. The SMILES string of the molecule is C=Cc1cc(C(=O)OC)c2ccn(C3CC3)c2c1. The monoisotopic (exact) mass is 241 g/mol. The summed E-state index contributed by atoms with van der Waals surface area (Å²) in [7, 11) is 1.41. The van der Waals surface area contributed by atoms with Gasteiger partial charge in [-0.25, -0.2) is 4.79 Å². The van der Waals surface area contributed by atoms with Crippen molar-refractivity contribution in [2.24, 2.45) is 0 Å². The molecule has 1 heterocycles. The number of esters is 1. The zero-order valence-corrected chi connectivity index (χ0v) is 10.3. The van der Waals surface area contributed by atoms with E-state index in [0.717, 1.165) is 16.5 Å². The van der Waals surface area contributed by atoms with Gasteiger partial charge in [-0.15, -0.1) is 0 Å². The third-order valence-corrected chi connectivity index (χ3v) is 3.44. The largest absolute Gasteiger partial charge is 0.465 e. The Kier molecular flexibility index (Phi) is 2.47. The summed E-state index contributed by atoms with van der Waals surface area (Å²) in [6.45, 7) is 3.78. The third-order valence-electron chi connectivity index (χ3n) is 3.44. The standard InChI is InChI=1S/C15H15NO2/c1-3-10-8-13(15(17)18-2)12-6-7-16(11-4-5-11)14(12)9-10/h3,6-9,11H,1,4-5H2,2H3. The number of rotatable bonds is 3. The molecule has 92 valence electrons. The van der Waals surface area contributed by atoms with Gasteiger partial charge < -0.3 is 9.30 Å². The highest BCUT2D eigenvalue weighted by molar-refractivity contribution is 6.04. The predicted molar refractivity (Wildman–Crippen MR) is 71.6 cm³/mol. The summed E-state index contributed by atoms with van der Waals surface area (Å²) >= 11 is 0. The fraction of sp³-hybridized carbons (Fsp3) is 0.267. The summed E-state index contributed by atoms with van der Waals surface area (Å²) in [6.07, 6.45) is 6.25. The number of benzene rings is 1. The van der Waals surface area contributed by atoms with Gasteiger partial charge in [0.2, 0.25) is 0 Å². The highest BCUT2D eigenvalue weighted by atomic mass is 16.5. The van der Waals surface area contributed by atoms with Gasteiger partial charge in [0, 0.05) is 23.1 Å². The van der Waals surface area contributed by atoms with Crippen molar-refractivity contribution in [1.82, 2.24) is 4.57 Å². The van der Waals surface area contributed by atoms with Crippen molar-refractivity contribution in [3.05, 3.63) is 42.1 Å². The lowest BCUT2D eigenvalue weighted by Crippen LogP contribution is -2.02. The Labute approximate surface area is 106 Å². The molecule has 1 aliphatic rings. The lowest BCUT2D eigenvalue weighted by atomic mass is 10.1. The Morgan fingerprint density at radius 2 is 2.28 bits per heavy atom. The van der Waals surface area contributed by atoms with Gasteiger partial charge in [-0.3, -0.25) is 0 Å². The van der Waals surface area contributed by atoms with Gasteiger partial charge in [-0.05, 0) is 36.6 Å². The first-order chi connectivity index (χ1) is 8.74. The fourth-order valence-electron chi connectivity index (χ4n) is 2.35. The van der Waals surface area contributed by atoms with E-state index >= 15 is 0 Å². The van der Waals surface area contributed by atoms with Crippen molar-refractivity contribution < 1.29 is 9.53 Å². The quantitative estimate of drug-likeness (QED) is 0.771. The van der Waals surface area contributed by atoms with E-state index in [0.29, 0.717) is 11.6 Å². The van der Waals surface area contributed by atoms with Crippen LogP contribution < -0.4 is 0 Å². The molecule has 0 saturated heterocycles. The third kappa shape index (κ3) is 1.63. The van der Waals surface area contributed by atoms with Crippen LogP contribution in [0.15, 0.2) is 31.0 Å². The molecule has 0 unspecified atom stereocenters. The molecule has 1 saturated carbocycles. The Hall–Kier alpha value is -2.03. The van der Waals surface area contributed by atoms with Gasteiger partial charge in [-0.1, -0.05) is 12.7 Å². The first kappa shape index (κ1) is 11.1. The predicted octanol–water partition coefficient (Wildman–Crippen LogP) is 3.41. The van der Waals surface area contributed by atoms with Crippen LogP contribution in [-0.4, -0.2) is 17.6 Å². The summed E-state index contributed by atoms with van der Waals surface area (Å²) < 4.78 is 7.09. The van der Waals surface area contributed by atoms with Crippen LogP contribution >= 0.6 is 0 Å². The topological polar surface area (TPSA) is 31.2 Å². The first-order valence-electron chi connectivity index (χ1n) is 6.10. The molecule has 1 aromatic carbocycles. The molecular weight excluding hydrogens is 226 g/mol. The first-order valence-corrected chi connectivity index (χ1v) is 6.10. The van der Waals surface area contributed by atoms with Crippen LogP contribution in [0.25, 0.3) is 17.0 Å². The number of hydrogen-bond donors (Lipinski definition) is 0. The van der Waals surface area contributed by atoms with Crippen LogP contribution in [0.1, 0.15) is 34.8 Å². The molecule has 0 bridgehead atoms. The number of carbonyl (C=O) groups excluding carboxylic acids is 1. The minimum Gasteiger partial charge on any atom is -0.465 e. The molecule has 0 radical (unpaired) electrons. The van der Waals surface area contributed by atoms with Crippen molar-refractivity contribution in [1.29, 1.82) is 0 Å². The van der Waals surface area contributed by atoms with E-state index in [1.807, 2.05) is 12.1 Å². The fourth-order valence-corrected chi connectivity index (χ4v) is 2.35.